The van der Waals surface area contributed by atoms with Crippen LogP contribution in [0.25, 0.3) is 0 Å². The van der Waals surface area contributed by atoms with E-state index in [0.29, 0.717) is 0 Å². The first-order valence-electron chi connectivity index (χ1n) is 3.62. The minimum absolute atomic E-state index is 0.806. The second-order valence-electron chi connectivity index (χ2n) is 2.28. The van der Waals surface area contributed by atoms with E-state index in [0.717, 1.165) is 25.1 Å². The van der Waals surface area contributed by atoms with Gasteiger partial charge in [-0.25, -0.2) is 0 Å². The molecule has 0 radical (unpaired) electrons. The topological polar surface area (TPSA) is 20.3 Å². The third kappa shape index (κ3) is 2.05. The van der Waals surface area contributed by atoms with E-state index < -0.39 is 0 Å². The van der Waals surface area contributed by atoms with Crippen LogP contribution in [-0.4, -0.2) is 13.0 Å². The number of nitrogens with zero attached hydrogens (tertiary/aromatic N) is 1. The number of amides is 1. The lowest BCUT2D eigenvalue weighted by Gasteiger charge is -2.13. The molecule has 1 amide bonds. The van der Waals surface area contributed by atoms with Gasteiger partial charge in [-0.1, -0.05) is 6.92 Å². The van der Waals surface area contributed by atoms with Crippen molar-refractivity contribution in [3.63, 3.8) is 0 Å². The molecule has 0 aliphatic rings. The molecular formula is C8H11NOS. The zero-order valence-corrected chi connectivity index (χ0v) is 7.30. The number of hydrogen-bond donors (Lipinski definition) is 0. The molecule has 0 saturated carbocycles. The highest BCUT2D eigenvalue weighted by Crippen LogP contribution is 2.16. The summed E-state index contributed by atoms with van der Waals surface area (Å²) in [5.41, 5.74) is 1.01. The molecule has 2 nitrogen and oxygen atoms in total. The lowest BCUT2D eigenvalue weighted by molar-refractivity contribution is -0.107. The van der Waals surface area contributed by atoms with E-state index in [-0.39, 0.29) is 0 Å². The predicted octanol–water partition coefficient (Wildman–Crippen LogP) is 2.12. The van der Waals surface area contributed by atoms with Crippen molar-refractivity contribution in [3.05, 3.63) is 16.8 Å². The van der Waals surface area contributed by atoms with Crippen molar-refractivity contribution in [3.8, 4) is 0 Å². The van der Waals surface area contributed by atoms with Crippen molar-refractivity contribution in [2.24, 2.45) is 0 Å². The van der Waals surface area contributed by atoms with Crippen LogP contribution in [0.2, 0.25) is 0 Å². The fourth-order valence-electron chi connectivity index (χ4n) is 0.904. The number of anilines is 1. The summed E-state index contributed by atoms with van der Waals surface area (Å²) in [5, 5.41) is 3.95. The molecule has 11 heavy (non-hydrogen) atoms. The molecule has 3 heteroatoms. The van der Waals surface area contributed by atoms with E-state index in [1.54, 1.807) is 16.2 Å². The normalized spacial score (nSPS) is 9.55. The molecule has 0 fully saturated rings. The van der Waals surface area contributed by atoms with Gasteiger partial charge in [0.2, 0.25) is 6.41 Å². The lowest BCUT2D eigenvalue weighted by Crippen LogP contribution is -2.20. The van der Waals surface area contributed by atoms with Crippen LogP contribution < -0.4 is 4.90 Å². The van der Waals surface area contributed by atoms with Crippen LogP contribution >= 0.6 is 11.3 Å². The summed E-state index contributed by atoms with van der Waals surface area (Å²) in [6, 6.07) is 1.95. The number of hydrogen-bond acceptors (Lipinski definition) is 2. The Morgan fingerprint density at radius 3 is 3.00 bits per heavy atom. The van der Waals surface area contributed by atoms with Crippen molar-refractivity contribution >= 4 is 23.4 Å². The molecular weight excluding hydrogens is 158 g/mol. The van der Waals surface area contributed by atoms with Gasteiger partial charge in [-0.15, -0.1) is 0 Å². The van der Waals surface area contributed by atoms with Gasteiger partial charge in [-0.3, -0.25) is 4.79 Å². The van der Waals surface area contributed by atoms with Crippen molar-refractivity contribution < 1.29 is 4.79 Å². The minimum Gasteiger partial charge on any atom is -0.314 e. The smallest absolute Gasteiger partial charge is 0.214 e. The summed E-state index contributed by atoms with van der Waals surface area (Å²) in [5.74, 6) is 0. The average molecular weight is 169 g/mol. The molecule has 0 atom stereocenters. The average Bonchev–Trinajstić information content (AvgIpc) is 2.52. The summed E-state index contributed by atoms with van der Waals surface area (Å²) in [6.45, 7) is 2.86. The fraction of sp³-hybridized carbons (Fsp3) is 0.375. The van der Waals surface area contributed by atoms with E-state index >= 15 is 0 Å². The van der Waals surface area contributed by atoms with Crippen LogP contribution in [0.1, 0.15) is 13.3 Å². The van der Waals surface area contributed by atoms with Gasteiger partial charge in [0, 0.05) is 11.9 Å². The quantitative estimate of drug-likeness (QED) is 0.632. The maximum atomic E-state index is 10.5. The highest BCUT2D eigenvalue weighted by atomic mass is 32.1. The SMILES string of the molecule is CCCN(C=O)c1ccsc1. The fourth-order valence-corrected chi connectivity index (χ4v) is 1.55. The van der Waals surface area contributed by atoms with Crippen molar-refractivity contribution in [2.75, 3.05) is 11.4 Å². The van der Waals surface area contributed by atoms with Crippen LogP contribution in [-0.2, 0) is 4.79 Å². The van der Waals surface area contributed by atoms with Crippen LogP contribution in [0, 0.1) is 0 Å². The third-order valence-corrected chi connectivity index (χ3v) is 2.10. The molecule has 1 aromatic heterocycles. The molecule has 1 heterocycles. The van der Waals surface area contributed by atoms with E-state index in [1.165, 1.54) is 0 Å². The van der Waals surface area contributed by atoms with Crippen molar-refractivity contribution in [1.29, 1.82) is 0 Å². The van der Waals surface area contributed by atoms with Crippen LogP contribution in [0.15, 0.2) is 16.8 Å². The van der Waals surface area contributed by atoms with Crippen molar-refractivity contribution in [1.82, 2.24) is 0 Å². The molecule has 0 spiro atoms. The Kier molecular flexibility index (Phi) is 3.11. The van der Waals surface area contributed by atoms with Gasteiger partial charge in [0.25, 0.3) is 0 Å². The van der Waals surface area contributed by atoms with Crippen LogP contribution in [0.5, 0.6) is 0 Å². The monoisotopic (exact) mass is 169 g/mol. The van der Waals surface area contributed by atoms with E-state index in [4.69, 9.17) is 0 Å². The number of thiophene rings is 1. The van der Waals surface area contributed by atoms with Gasteiger partial charge >= 0.3 is 0 Å². The van der Waals surface area contributed by atoms with E-state index in [1.807, 2.05) is 16.8 Å². The van der Waals surface area contributed by atoms with Crippen LogP contribution in [0.4, 0.5) is 5.69 Å². The second kappa shape index (κ2) is 4.13. The minimum atomic E-state index is 0.806. The molecule has 1 rings (SSSR count). The second-order valence-corrected chi connectivity index (χ2v) is 3.06. The van der Waals surface area contributed by atoms with E-state index in [9.17, 15) is 4.79 Å². The summed E-state index contributed by atoms with van der Waals surface area (Å²) in [6.07, 6.45) is 1.88. The first-order chi connectivity index (χ1) is 5.38. The standard InChI is InChI=1S/C8H11NOS/c1-2-4-9(7-10)8-3-5-11-6-8/h3,5-7H,2,4H2,1H3. The summed E-state index contributed by atoms with van der Waals surface area (Å²) in [4.78, 5) is 12.2. The molecule has 0 aliphatic heterocycles. The largest absolute Gasteiger partial charge is 0.314 e. The molecule has 0 aliphatic carbocycles. The Hall–Kier alpha value is -0.830. The van der Waals surface area contributed by atoms with Gasteiger partial charge in [0.05, 0.1) is 5.69 Å². The Bertz CT molecular complexity index is 208. The highest BCUT2D eigenvalue weighted by molar-refractivity contribution is 7.08. The maximum Gasteiger partial charge on any atom is 0.214 e. The highest BCUT2D eigenvalue weighted by Gasteiger charge is 2.01. The maximum absolute atomic E-state index is 10.5. The van der Waals surface area contributed by atoms with Gasteiger partial charge in [-0.2, -0.15) is 11.3 Å². The molecule has 0 aromatic carbocycles. The molecule has 0 N–H and O–H groups in total. The Labute approximate surface area is 70.5 Å². The Morgan fingerprint density at radius 2 is 2.55 bits per heavy atom. The van der Waals surface area contributed by atoms with Gasteiger partial charge in [0.1, 0.15) is 0 Å². The molecule has 1 aromatic rings. The van der Waals surface area contributed by atoms with Gasteiger partial charge < -0.3 is 4.90 Å². The van der Waals surface area contributed by atoms with E-state index in [2.05, 4.69) is 6.92 Å². The van der Waals surface area contributed by atoms with Gasteiger partial charge in [-0.05, 0) is 17.9 Å². The Balaban J connectivity index is 2.63. The summed E-state index contributed by atoms with van der Waals surface area (Å²) in [7, 11) is 0. The summed E-state index contributed by atoms with van der Waals surface area (Å²) < 4.78 is 0. The predicted molar refractivity (Wildman–Crippen MR) is 48.0 cm³/mol. The molecule has 0 unspecified atom stereocenters. The molecule has 0 bridgehead atoms. The first kappa shape index (κ1) is 8.27. The third-order valence-electron chi connectivity index (χ3n) is 1.43. The van der Waals surface area contributed by atoms with Gasteiger partial charge in [0.15, 0.2) is 0 Å². The Morgan fingerprint density at radius 1 is 1.73 bits per heavy atom. The number of carbonyl (C=O) groups is 1. The van der Waals surface area contributed by atoms with Crippen molar-refractivity contribution in [2.45, 2.75) is 13.3 Å². The zero-order valence-electron chi connectivity index (χ0n) is 6.49. The number of rotatable bonds is 4. The first-order valence-corrected chi connectivity index (χ1v) is 4.57. The van der Waals surface area contributed by atoms with Crippen LogP contribution in [0.3, 0.4) is 0 Å². The lowest BCUT2D eigenvalue weighted by atomic mass is 10.4. The zero-order chi connectivity index (χ0) is 8.10. The molecule has 60 valence electrons. The summed E-state index contributed by atoms with van der Waals surface area (Å²) >= 11 is 1.61. The molecule has 0 saturated heterocycles. The number of carbonyl (C=O) groups excluding carboxylic acids is 1.